The maximum Gasteiger partial charge on any atom is 0.271 e. The van der Waals surface area contributed by atoms with Gasteiger partial charge in [-0.05, 0) is 12.1 Å². The number of rotatable bonds is 5. The average molecular weight is 321 g/mol. The van der Waals surface area contributed by atoms with Crippen molar-refractivity contribution in [1.82, 2.24) is 20.4 Å². The van der Waals surface area contributed by atoms with Crippen LogP contribution < -0.4 is 10.2 Å². The van der Waals surface area contributed by atoms with Crippen LogP contribution in [0.1, 0.15) is 10.5 Å². The maximum absolute atomic E-state index is 12.1. The van der Waals surface area contributed by atoms with Gasteiger partial charge in [-0.3, -0.25) is 9.69 Å². The molecule has 23 heavy (non-hydrogen) atoms. The molecule has 8 nitrogen and oxygen atoms in total. The van der Waals surface area contributed by atoms with Crippen molar-refractivity contribution in [1.29, 1.82) is 0 Å². The SMILES string of the molecule is O=C(NCCN1CCOCC1)c1ccc(N2CCOCC2)nn1. The molecule has 2 fully saturated rings. The standard InChI is InChI=1S/C15H23N5O3/c21-15(16-3-4-19-5-9-22-10-6-19)13-1-2-14(18-17-13)20-7-11-23-12-8-20/h1-2H,3-12H2,(H,16,21). The Labute approximate surface area is 135 Å². The Kier molecular flexibility index (Phi) is 5.73. The van der Waals surface area contributed by atoms with E-state index < -0.39 is 0 Å². The number of ether oxygens (including phenoxy) is 2. The Hall–Kier alpha value is -1.77. The van der Waals surface area contributed by atoms with Crippen molar-refractivity contribution in [3.8, 4) is 0 Å². The molecule has 2 aliphatic heterocycles. The van der Waals surface area contributed by atoms with E-state index in [4.69, 9.17) is 9.47 Å². The van der Waals surface area contributed by atoms with Crippen molar-refractivity contribution < 1.29 is 14.3 Å². The van der Waals surface area contributed by atoms with Gasteiger partial charge in [-0.25, -0.2) is 0 Å². The van der Waals surface area contributed by atoms with Crippen molar-refractivity contribution in [3.05, 3.63) is 17.8 Å². The summed E-state index contributed by atoms with van der Waals surface area (Å²) in [6.07, 6.45) is 0. The molecule has 0 aromatic carbocycles. The van der Waals surface area contributed by atoms with E-state index >= 15 is 0 Å². The molecule has 1 aromatic heterocycles. The zero-order chi connectivity index (χ0) is 15.9. The minimum Gasteiger partial charge on any atom is -0.379 e. The summed E-state index contributed by atoms with van der Waals surface area (Å²) in [4.78, 5) is 16.5. The van der Waals surface area contributed by atoms with Crippen molar-refractivity contribution in [2.24, 2.45) is 0 Å². The molecular formula is C15H23N5O3. The van der Waals surface area contributed by atoms with Crippen LogP contribution in [0.4, 0.5) is 5.82 Å². The number of carbonyl (C=O) groups is 1. The summed E-state index contributed by atoms with van der Waals surface area (Å²) in [6.45, 7) is 7.81. The smallest absolute Gasteiger partial charge is 0.271 e. The molecule has 126 valence electrons. The summed E-state index contributed by atoms with van der Waals surface area (Å²) in [5, 5.41) is 11.1. The van der Waals surface area contributed by atoms with Crippen LogP contribution in [0.15, 0.2) is 12.1 Å². The molecule has 0 unspecified atom stereocenters. The summed E-state index contributed by atoms with van der Waals surface area (Å²) in [6, 6.07) is 3.57. The van der Waals surface area contributed by atoms with Crippen molar-refractivity contribution >= 4 is 11.7 Å². The van der Waals surface area contributed by atoms with Gasteiger partial charge in [0.05, 0.1) is 26.4 Å². The van der Waals surface area contributed by atoms with Crippen LogP contribution in [-0.4, -0.2) is 86.7 Å². The van der Waals surface area contributed by atoms with Crippen LogP contribution in [0, 0.1) is 0 Å². The molecule has 0 saturated carbocycles. The van der Waals surface area contributed by atoms with Crippen LogP contribution in [-0.2, 0) is 9.47 Å². The lowest BCUT2D eigenvalue weighted by Crippen LogP contribution is -2.41. The van der Waals surface area contributed by atoms with E-state index in [0.29, 0.717) is 25.5 Å². The van der Waals surface area contributed by atoms with Gasteiger partial charge >= 0.3 is 0 Å². The van der Waals surface area contributed by atoms with Gasteiger partial charge in [0, 0.05) is 39.3 Å². The molecule has 2 aliphatic rings. The summed E-state index contributed by atoms with van der Waals surface area (Å²) in [5.41, 5.74) is 0.351. The molecule has 8 heteroatoms. The Bertz CT molecular complexity index is 498. The molecule has 3 heterocycles. The van der Waals surface area contributed by atoms with E-state index in [1.165, 1.54) is 0 Å². The highest BCUT2D eigenvalue weighted by Gasteiger charge is 2.15. The lowest BCUT2D eigenvalue weighted by atomic mass is 10.3. The quantitative estimate of drug-likeness (QED) is 0.774. The summed E-state index contributed by atoms with van der Waals surface area (Å²) < 4.78 is 10.6. The second kappa shape index (κ2) is 8.19. The second-order valence-corrected chi connectivity index (χ2v) is 5.59. The monoisotopic (exact) mass is 321 g/mol. The third-order valence-electron chi connectivity index (χ3n) is 4.04. The summed E-state index contributed by atoms with van der Waals surface area (Å²) in [7, 11) is 0. The van der Waals surface area contributed by atoms with Gasteiger partial charge in [-0.1, -0.05) is 0 Å². The molecular weight excluding hydrogens is 298 g/mol. The highest BCUT2D eigenvalue weighted by atomic mass is 16.5. The number of hydrogen-bond acceptors (Lipinski definition) is 7. The first-order chi connectivity index (χ1) is 11.3. The van der Waals surface area contributed by atoms with Gasteiger partial charge < -0.3 is 19.7 Å². The lowest BCUT2D eigenvalue weighted by Gasteiger charge is -2.27. The number of nitrogens with one attached hydrogen (secondary N) is 1. The minimum atomic E-state index is -0.181. The van der Waals surface area contributed by atoms with E-state index in [1.54, 1.807) is 6.07 Å². The van der Waals surface area contributed by atoms with Gasteiger partial charge in [-0.15, -0.1) is 10.2 Å². The van der Waals surface area contributed by atoms with Gasteiger partial charge in [0.15, 0.2) is 11.5 Å². The Morgan fingerprint density at radius 1 is 1.04 bits per heavy atom. The Balaban J connectivity index is 1.45. The normalized spacial score (nSPS) is 19.6. The number of carbonyl (C=O) groups excluding carboxylic acids is 1. The van der Waals surface area contributed by atoms with Crippen molar-refractivity contribution in [3.63, 3.8) is 0 Å². The van der Waals surface area contributed by atoms with E-state index in [-0.39, 0.29) is 5.91 Å². The fourth-order valence-corrected chi connectivity index (χ4v) is 2.65. The van der Waals surface area contributed by atoms with E-state index in [0.717, 1.165) is 51.8 Å². The number of nitrogens with zero attached hydrogens (tertiary/aromatic N) is 4. The minimum absolute atomic E-state index is 0.181. The number of amides is 1. The molecule has 3 rings (SSSR count). The van der Waals surface area contributed by atoms with Gasteiger partial charge in [-0.2, -0.15) is 0 Å². The van der Waals surface area contributed by atoms with Crippen LogP contribution >= 0.6 is 0 Å². The number of morpholine rings is 2. The average Bonchev–Trinajstić information content (AvgIpc) is 2.63. The molecule has 0 spiro atoms. The molecule has 1 amide bonds. The van der Waals surface area contributed by atoms with Crippen molar-refractivity contribution in [2.75, 3.05) is 70.6 Å². The third-order valence-corrected chi connectivity index (χ3v) is 4.04. The highest BCUT2D eigenvalue weighted by Crippen LogP contribution is 2.11. The molecule has 0 radical (unpaired) electrons. The summed E-state index contributed by atoms with van der Waals surface area (Å²) >= 11 is 0. The molecule has 1 N–H and O–H groups in total. The molecule has 0 bridgehead atoms. The zero-order valence-electron chi connectivity index (χ0n) is 13.2. The predicted octanol–water partition coefficient (Wildman–Crippen LogP) is -0.625. The Morgan fingerprint density at radius 2 is 1.74 bits per heavy atom. The fraction of sp³-hybridized carbons (Fsp3) is 0.667. The number of anilines is 1. The predicted molar refractivity (Wildman–Crippen MR) is 84.7 cm³/mol. The first-order valence-electron chi connectivity index (χ1n) is 8.08. The third kappa shape index (κ3) is 4.60. The van der Waals surface area contributed by atoms with Gasteiger partial charge in [0.2, 0.25) is 0 Å². The number of aromatic nitrogens is 2. The van der Waals surface area contributed by atoms with Crippen LogP contribution in [0.5, 0.6) is 0 Å². The fourth-order valence-electron chi connectivity index (χ4n) is 2.65. The van der Waals surface area contributed by atoms with Crippen LogP contribution in [0.3, 0.4) is 0 Å². The lowest BCUT2D eigenvalue weighted by molar-refractivity contribution is 0.0383. The molecule has 0 aliphatic carbocycles. The Morgan fingerprint density at radius 3 is 2.39 bits per heavy atom. The summed E-state index contributed by atoms with van der Waals surface area (Å²) in [5.74, 6) is 0.609. The second-order valence-electron chi connectivity index (χ2n) is 5.59. The highest BCUT2D eigenvalue weighted by molar-refractivity contribution is 5.92. The first-order valence-corrected chi connectivity index (χ1v) is 8.08. The van der Waals surface area contributed by atoms with E-state index in [9.17, 15) is 4.79 Å². The van der Waals surface area contributed by atoms with Crippen LogP contribution in [0.25, 0.3) is 0 Å². The van der Waals surface area contributed by atoms with Gasteiger partial charge in [0.1, 0.15) is 0 Å². The van der Waals surface area contributed by atoms with Crippen molar-refractivity contribution in [2.45, 2.75) is 0 Å². The maximum atomic E-state index is 12.1. The largest absolute Gasteiger partial charge is 0.379 e. The molecule has 2 saturated heterocycles. The van der Waals surface area contributed by atoms with Gasteiger partial charge in [0.25, 0.3) is 5.91 Å². The molecule has 0 atom stereocenters. The van der Waals surface area contributed by atoms with Crippen LogP contribution in [0.2, 0.25) is 0 Å². The van der Waals surface area contributed by atoms with E-state index in [1.807, 2.05) is 6.07 Å². The number of hydrogen-bond donors (Lipinski definition) is 1. The van der Waals surface area contributed by atoms with E-state index in [2.05, 4.69) is 25.3 Å². The zero-order valence-corrected chi connectivity index (χ0v) is 13.2. The first kappa shape index (κ1) is 16.1. The molecule has 1 aromatic rings. The topological polar surface area (TPSA) is 79.8 Å².